The van der Waals surface area contributed by atoms with Crippen molar-refractivity contribution in [3.05, 3.63) is 66.7 Å². The Morgan fingerprint density at radius 1 is 0.955 bits per heavy atom. The van der Waals surface area contributed by atoms with E-state index in [1.807, 2.05) is 48.5 Å². The van der Waals surface area contributed by atoms with E-state index in [0.29, 0.717) is 5.75 Å². The second-order valence-corrected chi connectivity index (χ2v) is 5.21. The molecule has 22 heavy (non-hydrogen) atoms. The lowest BCUT2D eigenvalue weighted by Gasteiger charge is -2.04. The molecule has 2 heteroatoms. The van der Waals surface area contributed by atoms with Crippen LogP contribution in [0.1, 0.15) is 32.6 Å². The number of allylic oxidation sites excluding steroid dienone is 1. The molecule has 0 amide bonds. The highest BCUT2D eigenvalue weighted by Gasteiger charge is 2.01. The van der Waals surface area contributed by atoms with Crippen molar-refractivity contribution in [2.75, 3.05) is 0 Å². The fraction of sp³-hybridized carbons (Fsp3) is 0.250. The van der Waals surface area contributed by atoms with Gasteiger partial charge in [0.25, 0.3) is 0 Å². The normalized spacial score (nSPS) is 10.8. The van der Waals surface area contributed by atoms with Gasteiger partial charge in [0.2, 0.25) is 0 Å². The van der Waals surface area contributed by atoms with Gasteiger partial charge in [0.15, 0.2) is 0 Å². The molecular weight excluding hydrogens is 272 g/mol. The van der Waals surface area contributed by atoms with Gasteiger partial charge >= 0.3 is 5.97 Å². The predicted molar refractivity (Wildman–Crippen MR) is 90.8 cm³/mol. The maximum absolute atomic E-state index is 11.7. The zero-order valence-corrected chi connectivity index (χ0v) is 13.0. The van der Waals surface area contributed by atoms with Gasteiger partial charge in [0.05, 0.1) is 0 Å². The summed E-state index contributed by atoms with van der Waals surface area (Å²) in [6.45, 7) is 2.16. The molecule has 2 nitrogen and oxygen atoms in total. The molecule has 2 rings (SSSR count). The van der Waals surface area contributed by atoms with E-state index in [9.17, 15) is 4.79 Å². The summed E-state index contributed by atoms with van der Waals surface area (Å²) in [6.07, 6.45) is 7.82. The average Bonchev–Trinajstić information content (AvgIpc) is 2.56. The third kappa shape index (κ3) is 5.21. The van der Waals surface area contributed by atoms with E-state index in [1.165, 1.54) is 18.9 Å². The molecule has 0 aromatic heterocycles. The first-order chi connectivity index (χ1) is 10.8. The molecule has 2 aromatic carbocycles. The molecule has 0 aliphatic rings. The highest BCUT2D eigenvalue weighted by atomic mass is 16.5. The van der Waals surface area contributed by atoms with Crippen LogP contribution in [-0.2, 0) is 4.79 Å². The van der Waals surface area contributed by atoms with Gasteiger partial charge in [-0.1, -0.05) is 68.3 Å². The lowest BCUT2D eigenvalue weighted by atomic mass is 10.1. The molecule has 0 saturated heterocycles. The van der Waals surface area contributed by atoms with E-state index in [0.717, 1.165) is 24.0 Å². The van der Waals surface area contributed by atoms with Gasteiger partial charge in [-0.3, -0.25) is 0 Å². The number of hydrogen-bond donors (Lipinski definition) is 0. The number of esters is 1. The summed E-state index contributed by atoms with van der Waals surface area (Å²) >= 11 is 0. The van der Waals surface area contributed by atoms with Crippen LogP contribution in [0.15, 0.2) is 66.7 Å². The predicted octanol–water partition coefficient (Wildman–Crippen LogP) is 5.40. The van der Waals surface area contributed by atoms with Crippen molar-refractivity contribution >= 4 is 5.97 Å². The highest BCUT2D eigenvalue weighted by Crippen LogP contribution is 2.22. The minimum Gasteiger partial charge on any atom is -0.423 e. The second kappa shape index (κ2) is 8.83. The summed E-state index contributed by atoms with van der Waals surface area (Å²) in [7, 11) is 0. The van der Waals surface area contributed by atoms with Crippen LogP contribution in [0.3, 0.4) is 0 Å². The van der Waals surface area contributed by atoms with Crippen LogP contribution in [0.2, 0.25) is 0 Å². The van der Waals surface area contributed by atoms with E-state index in [-0.39, 0.29) is 5.97 Å². The molecule has 0 heterocycles. The average molecular weight is 294 g/mol. The smallest absolute Gasteiger partial charge is 0.335 e. The molecule has 0 saturated carbocycles. The Labute approximate surface area is 132 Å². The van der Waals surface area contributed by atoms with Crippen molar-refractivity contribution in [1.82, 2.24) is 0 Å². The molecule has 114 valence electrons. The highest BCUT2D eigenvalue weighted by molar-refractivity contribution is 5.84. The maximum Gasteiger partial charge on any atom is 0.335 e. The first kappa shape index (κ1) is 16.0. The molecule has 0 radical (unpaired) electrons. The van der Waals surface area contributed by atoms with Gasteiger partial charge in [0, 0.05) is 6.08 Å². The Bertz CT molecular complexity index is 597. The summed E-state index contributed by atoms with van der Waals surface area (Å²) in [5.41, 5.74) is 2.26. The van der Waals surface area contributed by atoms with Gasteiger partial charge in [-0.25, -0.2) is 4.79 Å². The molecule has 0 bridgehead atoms. The lowest BCUT2D eigenvalue weighted by Crippen LogP contribution is -2.03. The monoisotopic (exact) mass is 294 g/mol. The third-order valence-corrected chi connectivity index (χ3v) is 3.41. The van der Waals surface area contributed by atoms with Gasteiger partial charge in [-0.15, -0.1) is 0 Å². The topological polar surface area (TPSA) is 26.3 Å². The zero-order valence-electron chi connectivity index (χ0n) is 13.0. The Hall–Kier alpha value is -2.35. The standard InChI is InChI=1S/C20H22O2/c1-2-3-4-5-9-12-20(21)22-19-15-13-18(14-16-19)17-10-7-6-8-11-17/h6-16H,2-5H2,1H3. The van der Waals surface area contributed by atoms with Crippen molar-refractivity contribution in [3.8, 4) is 16.9 Å². The van der Waals surface area contributed by atoms with Crippen LogP contribution in [0.4, 0.5) is 0 Å². The second-order valence-electron chi connectivity index (χ2n) is 5.21. The molecule has 0 N–H and O–H groups in total. The van der Waals surface area contributed by atoms with Crippen LogP contribution < -0.4 is 4.74 Å². The minimum absolute atomic E-state index is 0.316. The van der Waals surface area contributed by atoms with E-state index < -0.39 is 0 Å². The largest absolute Gasteiger partial charge is 0.423 e. The Kier molecular flexibility index (Phi) is 6.43. The Morgan fingerprint density at radius 2 is 1.64 bits per heavy atom. The Balaban J connectivity index is 1.87. The number of carbonyl (C=O) groups excluding carboxylic acids is 1. The van der Waals surface area contributed by atoms with Crippen LogP contribution >= 0.6 is 0 Å². The molecule has 0 spiro atoms. The lowest BCUT2D eigenvalue weighted by molar-refractivity contribution is -0.129. The summed E-state index contributed by atoms with van der Waals surface area (Å²) in [6, 6.07) is 17.7. The summed E-state index contributed by atoms with van der Waals surface area (Å²) in [4.78, 5) is 11.7. The van der Waals surface area contributed by atoms with E-state index in [4.69, 9.17) is 4.74 Å². The fourth-order valence-corrected chi connectivity index (χ4v) is 2.19. The number of hydrogen-bond acceptors (Lipinski definition) is 2. The molecule has 0 aliphatic heterocycles. The van der Waals surface area contributed by atoms with Crippen LogP contribution in [-0.4, -0.2) is 5.97 Å². The number of carbonyl (C=O) groups is 1. The fourth-order valence-electron chi connectivity index (χ4n) is 2.19. The summed E-state index contributed by atoms with van der Waals surface area (Å²) < 4.78 is 5.29. The van der Waals surface area contributed by atoms with E-state index in [2.05, 4.69) is 19.1 Å². The van der Waals surface area contributed by atoms with Crippen molar-refractivity contribution in [2.45, 2.75) is 32.6 Å². The SMILES string of the molecule is CCCCCC=CC(=O)Oc1ccc(-c2ccccc2)cc1. The molecule has 2 aromatic rings. The Morgan fingerprint density at radius 3 is 2.32 bits per heavy atom. The van der Waals surface area contributed by atoms with Crippen molar-refractivity contribution in [1.29, 1.82) is 0 Å². The van der Waals surface area contributed by atoms with Gasteiger partial charge in [0.1, 0.15) is 5.75 Å². The summed E-state index contributed by atoms with van der Waals surface area (Å²) in [5.74, 6) is 0.256. The number of unbranched alkanes of at least 4 members (excludes halogenated alkanes) is 3. The van der Waals surface area contributed by atoms with Crippen LogP contribution in [0, 0.1) is 0 Å². The summed E-state index contributed by atoms with van der Waals surface area (Å²) in [5, 5.41) is 0. The third-order valence-electron chi connectivity index (χ3n) is 3.41. The van der Waals surface area contributed by atoms with E-state index >= 15 is 0 Å². The first-order valence-corrected chi connectivity index (χ1v) is 7.83. The van der Waals surface area contributed by atoms with Crippen LogP contribution in [0.25, 0.3) is 11.1 Å². The zero-order chi connectivity index (χ0) is 15.6. The number of rotatable bonds is 7. The molecule has 0 aliphatic carbocycles. The number of ether oxygens (including phenoxy) is 1. The first-order valence-electron chi connectivity index (χ1n) is 7.83. The number of benzene rings is 2. The molecular formula is C20H22O2. The van der Waals surface area contributed by atoms with Crippen molar-refractivity contribution in [3.63, 3.8) is 0 Å². The van der Waals surface area contributed by atoms with Gasteiger partial charge < -0.3 is 4.74 Å². The maximum atomic E-state index is 11.7. The van der Waals surface area contributed by atoms with E-state index in [1.54, 1.807) is 0 Å². The van der Waals surface area contributed by atoms with Crippen molar-refractivity contribution in [2.24, 2.45) is 0 Å². The van der Waals surface area contributed by atoms with Crippen LogP contribution in [0.5, 0.6) is 5.75 Å². The molecule has 0 fully saturated rings. The van der Waals surface area contributed by atoms with Gasteiger partial charge in [-0.05, 0) is 36.1 Å². The van der Waals surface area contributed by atoms with Gasteiger partial charge in [-0.2, -0.15) is 0 Å². The quantitative estimate of drug-likeness (QED) is 0.296. The minimum atomic E-state index is -0.316. The van der Waals surface area contributed by atoms with Crippen molar-refractivity contribution < 1.29 is 9.53 Å². The molecule has 0 atom stereocenters. The molecule has 0 unspecified atom stereocenters.